The molecule has 3 rings (SSSR count). The van der Waals surface area contributed by atoms with Crippen molar-refractivity contribution in [3.63, 3.8) is 0 Å². The number of aromatic amines is 1. The Hall–Kier alpha value is -4.80. The van der Waals surface area contributed by atoms with Crippen LogP contribution in [0.25, 0.3) is 0 Å². The molecule has 2 aromatic carbocycles. The van der Waals surface area contributed by atoms with Crippen LogP contribution >= 0.6 is 0 Å². The minimum absolute atomic E-state index is 0.00196. The Bertz CT molecular complexity index is 1290. The van der Waals surface area contributed by atoms with Gasteiger partial charge in [-0.05, 0) is 43.3 Å². The first-order valence-corrected chi connectivity index (χ1v) is 10.6. The summed E-state index contributed by atoms with van der Waals surface area (Å²) in [6, 6.07) is 14.2. The number of ether oxygens (including phenoxy) is 2. The smallest absolute Gasteiger partial charge is 0.341 e. The molecule has 0 saturated carbocycles. The summed E-state index contributed by atoms with van der Waals surface area (Å²) in [6.45, 7) is 1.75. The number of hydrogen-bond acceptors (Lipinski definition) is 7. The minimum Gasteiger partial charge on any atom is -0.490 e. The van der Waals surface area contributed by atoms with Crippen molar-refractivity contribution in [3.05, 3.63) is 81.8 Å². The number of para-hydroxylation sites is 1. The van der Waals surface area contributed by atoms with Crippen molar-refractivity contribution >= 4 is 29.1 Å². The van der Waals surface area contributed by atoms with E-state index in [0.717, 1.165) is 0 Å². The van der Waals surface area contributed by atoms with Crippen molar-refractivity contribution in [3.8, 4) is 11.5 Å². The van der Waals surface area contributed by atoms with Crippen LogP contribution in [0, 0.1) is 5.41 Å². The molecule has 0 unspecified atom stereocenters. The van der Waals surface area contributed by atoms with Crippen LogP contribution in [-0.2, 0) is 11.3 Å². The number of carbonyl (C=O) groups excluding carboxylic acids is 1. The predicted octanol–water partition coefficient (Wildman–Crippen LogP) is 2.39. The predicted molar refractivity (Wildman–Crippen MR) is 131 cm³/mol. The summed E-state index contributed by atoms with van der Waals surface area (Å²) in [7, 11) is 0. The van der Waals surface area contributed by atoms with Crippen molar-refractivity contribution in [2.24, 2.45) is 5.73 Å². The normalized spacial score (nSPS) is 10.3. The molecule has 11 heteroatoms. The number of aliphatic carboxylic acids is 1. The fraction of sp³-hybridized carbons (Fsp3) is 0.167. The second kappa shape index (κ2) is 11.4. The quantitative estimate of drug-likeness (QED) is 0.179. The first kappa shape index (κ1) is 24.8. The Morgan fingerprint density at radius 2 is 1.83 bits per heavy atom. The van der Waals surface area contributed by atoms with Gasteiger partial charge < -0.3 is 35.9 Å². The number of nitrogens with two attached hydrogens (primary N) is 1. The van der Waals surface area contributed by atoms with Gasteiger partial charge in [0.1, 0.15) is 11.5 Å². The van der Waals surface area contributed by atoms with Gasteiger partial charge in [0.05, 0.1) is 12.3 Å². The Morgan fingerprint density at radius 1 is 1.09 bits per heavy atom. The number of amides is 1. The third-order valence-corrected chi connectivity index (χ3v) is 4.77. The molecule has 0 saturated heterocycles. The number of nitrogens with one attached hydrogen (secondary N) is 4. The van der Waals surface area contributed by atoms with Gasteiger partial charge in [0.2, 0.25) is 5.56 Å². The number of hydrogen-bond donors (Lipinski definition) is 6. The molecule has 1 heterocycles. The van der Waals surface area contributed by atoms with E-state index in [1.807, 2.05) is 0 Å². The average molecular weight is 479 g/mol. The van der Waals surface area contributed by atoms with Crippen LogP contribution in [0.2, 0.25) is 0 Å². The topological polar surface area (TPSA) is 180 Å². The minimum atomic E-state index is -1.13. The average Bonchev–Trinajstić information content (AvgIpc) is 2.83. The summed E-state index contributed by atoms with van der Waals surface area (Å²) < 4.78 is 11.0. The van der Waals surface area contributed by atoms with E-state index in [4.69, 9.17) is 25.7 Å². The van der Waals surface area contributed by atoms with Crippen LogP contribution < -0.4 is 31.4 Å². The van der Waals surface area contributed by atoms with Crippen molar-refractivity contribution in [1.29, 1.82) is 5.41 Å². The zero-order valence-corrected chi connectivity index (χ0v) is 18.9. The summed E-state index contributed by atoms with van der Waals surface area (Å²) in [5.74, 6) is -1.13. The molecule has 182 valence electrons. The van der Waals surface area contributed by atoms with E-state index < -0.39 is 24.0 Å². The molecule has 3 aromatic rings. The van der Waals surface area contributed by atoms with E-state index in [9.17, 15) is 14.4 Å². The first-order valence-electron chi connectivity index (χ1n) is 10.6. The van der Waals surface area contributed by atoms with Crippen LogP contribution in [0.4, 0.5) is 11.4 Å². The molecular formula is C24H25N5O6. The number of carboxylic acids is 1. The number of benzene rings is 2. The van der Waals surface area contributed by atoms with Crippen LogP contribution in [0.5, 0.6) is 11.5 Å². The summed E-state index contributed by atoms with van der Waals surface area (Å²) in [4.78, 5) is 38.4. The zero-order chi connectivity index (χ0) is 25.4. The Morgan fingerprint density at radius 3 is 2.49 bits per heavy atom. The second-order valence-corrected chi connectivity index (χ2v) is 7.27. The molecule has 1 amide bonds. The summed E-state index contributed by atoms with van der Waals surface area (Å²) in [5, 5.41) is 22.2. The number of nitrogen functional groups attached to an aromatic ring is 1. The van der Waals surface area contributed by atoms with Crippen LogP contribution in [0.1, 0.15) is 28.5 Å². The molecule has 0 fully saturated rings. The van der Waals surface area contributed by atoms with Gasteiger partial charge in [-0.3, -0.25) is 15.0 Å². The van der Waals surface area contributed by atoms with Crippen LogP contribution in [-0.4, -0.2) is 41.0 Å². The molecular weight excluding hydrogens is 454 g/mol. The van der Waals surface area contributed by atoms with Crippen LogP contribution in [0.15, 0.2) is 59.4 Å². The molecule has 0 bridgehead atoms. The molecule has 11 nitrogen and oxygen atoms in total. The van der Waals surface area contributed by atoms with Gasteiger partial charge in [-0.15, -0.1) is 0 Å². The maximum Gasteiger partial charge on any atom is 0.341 e. The van der Waals surface area contributed by atoms with Gasteiger partial charge in [-0.25, -0.2) is 4.79 Å². The van der Waals surface area contributed by atoms with E-state index in [2.05, 4.69) is 15.6 Å². The van der Waals surface area contributed by atoms with Gasteiger partial charge in [0.25, 0.3) is 5.91 Å². The van der Waals surface area contributed by atoms with E-state index >= 15 is 0 Å². The van der Waals surface area contributed by atoms with E-state index in [0.29, 0.717) is 34.9 Å². The standard InChI is InChI=1S/C24H25N5O6/c1-2-34-18-5-3-4-15(22(18)35-13-20(31)32)12-27-17-10-11-19(30)29-21(17)24(33)28-16-8-6-14(7-9-16)23(25)26/h3-11,27H,2,12-13H2,1H3,(H3,25,26)(H,28,33)(H,29,30)(H,31,32). The third-order valence-electron chi connectivity index (χ3n) is 4.77. The van der Waals surface area contributed by atoms with Crippen molar-refractivity contribution < 1.29 is 24.2 Å². The molecule has 0 atom stereocenters. The number of H-pyrrole nitrogens is 1. The lowest BCUT2D eigenvalue weighted by Crippen LogP contribution is -2.21. The summed E-state index contributed by atoms with van der Waals surface area (Å²) in [5.41, 5.74) is 6.88. The fourth-order valence-electron chi connectivity index (χ4n) is 3.19. The number of pyridine rings is 1. The number of carbonyl (C=O) groups is 2. The highest BCUT2D eigenvalue weighted by atomic mass is 16.5. The molecule has 0 spiro atoms. The lowest BCUT2D eigenvalue weighted by atomic mass is 10.1. The highest BCUT2D eigenvalue weighted by Gasteiger charge is 2.16. The van der Waals surface area contributed by atoms with Gasteiger partial charge in [0, 0.05) is 29.4 Å². The highest BCUT2D eigenvalue weighted by molar-refractivity contribution is 6.06. The number of aromatic nitrogens is 1. The van der Waals surface area contributed by atoms with Gasteiger partial charge in [-0.1, -0.05) is 12.1 Å². The van der Waals surface area contributed by atoms with E-state index in [-0.39, 0.29) is 23.8 Å². The summed E-state index contributed by atoms with van der Waals surface area (Å²) in [6.07, 6.45) is 0. The largest absolute Gasteiger partial charge is 0.490 e. The third kappa shape index (κ3) is 6.60. The van der Waals surface area contributed by atoms with Gasteiger partial charge in [-0.2, -0.15) is 0 Å². The number of anilines is 2. The molecule has 0 aliphatic carbocycles. The van der Waals surface area contributed by atoms with E-state index in [1.54, 1.807) is 49.4 Å². The number of amidine groups is 1. The summed E-state index contributed by atoms with van der Waals surface area (Å²) >= 11 is 0. The van der Waals surface area contributed by atoms with Crippen molar-refractivity contribution in [2.75, 3.05) is 23.8 Å². The zero-order valence-electron chi connectivity index (χ0n) is 18.9. The monoisotopic (exact) mass is 479 g/mol. The number of carboxylic acid groups (broad SMARTS) is 1. The molecule has 7 N–H and O–H groups in total. The molecule has 0 aliphatic heterocycles. The van der Waals surface area contributed by atoms with E-state index in [1.165, 1.54) is 12.1 Å². The molecule has 0 radical (unpaired) electrons. The highest BCUT2D eigenvalue weighted by Crippen LogP contribution is 2.32. The van der Waals surface area contributed by atoms with Gasteiger partial charge >= 0.3 is 5.97 Å². The van der Waals surface area contributed by atoms with Crippen molar-refractivity contribution in [1.82, 2.24) is 4.98 Å². The lowest BCUT2D eigenvalue weighted by Gasteiger charge is -2.17. The second-order valence-electron chi connectivity index (χ2n) is 7.27. The Labute approximate surface area is 200 Å². The Kier molecular flexibility index (Phi) is 8.06. The molecule has 1 aromatic heterocycles. The SMILES string of the molecule is CCOc1cccc(CNc2ccc(=O)[nH]c2C(=O)Nc2ccc(C(=N)N)cc2)c1OCC(=O)O. The number of rotatable bonds is 11. The lowest BCUT2D eigenvalue weighted by molar-refractivity contribution is -0.139. The Balaban J connectivity index is 1.82. The fourth-order valence-corrected chi connectivity index (χ4v) is 3.19. The maximum atomic E-state index is 12.9. The maximum absolute atomic E-state index is 12.9. The molecule has 35 heavy (non-hydrogen) atoms. The molecule has 0 aliphatic rings. The van der Waals surface area contributed by atoms with Crippen molar-refractivity contribution in [2.45, 2.75) is 13.5 Å². The van der Waals surface area contributed by atoms with Gasteiger partial charge in [0.15, 0.2) is 18.1 Å². The van der Waals surface area contributed by atoms with Crippen LogP contribution in [0.3, 0.4) is 0 Å². The first-order chi connectivity index (χ1) is 16.8.